The van der Waals surface area contributed by atoms with Gasteiger partial charge in [0.2, 0.25) is 0 Å². The number of imidazole rings is 1. The van der Waals surface area contributed by atoms with Gasteiger partial charge < -0.3 is 14.2 Å². The van der Waals surface area contributed by atoms with Crippen LogP contribution in [0, 0.1) is 5.92 Å². The van der Waals surface area contributed by atoms with E-state index in [1.165, 1.54) is 0 Å². The highest BCUT2D eigenvalue weighted by atomic mass is 16.5. The van der Waals surface area contributed by atoms with Gasteiger partial charge in [0.15, 0.2) is 6.10 Å². The van der Waals surface area contributed by atoms with Crippen LogP contribution in [0.25, 0.3) is 11.4 Å². The average molecular weight is 389 g/mol. The van der Waals surface area contributed by atoms with Crippen molar-refractivity contribution in [2.75, 3.05) is 13.1 Å². The fourth-order valence-corrected chi connectivity index (χ4v) is 3.93. The predicted molar refractivity (Wildman–Crippen MR) is 113 cm³/mol. The Hall–Kier alpha value is -3.08. The number of likely N-dealkylation sites (tertiary alicyclic amines) is 1. The van der Waals surface area contributed by atoms with Crippen LogP contribution in [-0.4, -0.2) is 39.6 Å². The molecule has 4 rings (SSSR count). The van der Waals surface area contributed by atoms with Crippen LogP contribution in [0.2, 0.25) is 0 Å². The van der Waals surface area contributed by atoms with Crippen LogP contribution >= 0.6 is 0 Å². The minimum atomic E-state index is -0.465. The summed E-state index contributed by atoms with van der Waals surface area (Å²) >= 11 is 0. The van der Waals surface area contributed by atoms with Crippen LogP contribution in [-0.2, 0) is 11.3 Å². The van der Waals surface area contributed by atoms with E-state index in [1.807, 2.05) is 66.6 Å². The van der Waals surface area contributed by atoms with E-state index in [2.05, 4.69) is 27.9 Å². The van der Waals surface area contributed by atoms with Crippen LogP contribution in [0.3, 0.4) is 0 Å². The van der Waals surface area contributed by atoms with Gasteiger partial charge in [0, 0.05) is 37.6 Å². The monoisotopic (exact) mass is 389 g/mol. The van der Waals surface area contributed by atoms with E-state index >= 15 is 0 Å². The Labute approximate surface area is 171 Å². The van der Waals surface area contributed by atoms with Gasteiger partial charge in [0.25, 0.3) is 5.91 Å². The van der Waals surface area contributed by atoms with Gasteiger partial charge in [0.1, 0.15) is 11.6 Å². The topological polar surface area (TPSA) is 47.4 Å². The number of carbonyl (C=O) groups excluding carboxylic acids is 1. The fourth-order valence-electron chi connectivity index (χ4n) is 3.93. The number of benzene rings is 2. The third-order valence-electron chi connectivity index (χ3n) is 5.53. The molecule has 5 heteroatoms. The van der Waals surface area contributed by atoms with Crippen molar-refractivity contribution < 1.29 is 9.53 Å². The molecule has 1 amide bonds. The number of carbonyl (C=O) groups is 1. The minimum absolute atomic E-state index is 0.0694. The number of para-hydroxylation sites is 1. The lowest BCUT2D eigenvalue weighted by molar-refractivity contribution is -0.139. The lowest BCUT2D eigenvalue weighted by Gasteiger charge is -2.33. The van der Waals surface area contributed by atoms with Crippen molar-refractivity contribution in [2.24, 2.45) is 5.92 Å². The van der Waals surface area contributed by atoms with E-state index < -0.39 is 6.10 Å². The number of hydrogen-bond donors (Lipinski definition) is 0. The van der Waals surface area contributed by atoms with Crippen molar-refractivity contribution in [1.82, 2.24) is 14.5 Å². The molecule has 150 valence electrons. The Kier molecular flexibility index (Phi) is 5.94. The summed E-state index contributed by atoms with van der Waals surface area (Å²) in [5.74, 6) is 2.35. The highest BCUT2D eigenvalue weighted by molar-refractivity contribution is 5.81. The Morgan fingerprint density at radius 1 is 1.07 bits per heavy atom. The molecular formula is C24H27N3O2. The SMILES string of the molecule is CC(Oc1ccccc1)C(=O)N1CCC(Cn2ccnc2-c2ccccc2)CC1. The number of nitrogens with zero attached hydrogens (tertiary/aromatic N) is 3. The van der Waals surface area contributed by atoms with Crippen LogP contribution in [0.4, 0.5) is 0 Å². The van der Waals surface area contributed by atoms with Gasteiger partial charge in [-0.3, -0.25) is 4.79 Å². The molecule has 2 heterocycles. The predicted octanol–water partition coefficient (Wildman–Crippen LogP) is 4.26. The quantitative estimate of drug-likeness (QED) is 0.633. The number of hydrogen-bond acceptors (Lipinski definition) is 3. The number of amides is 1. The van der Waals surface area contributed by atoms with Crippen LogP contribution in [0.15, 0.2) is 73.1 Å². The molecule has 1 saturated heterocycles. The number of aromatic nitrogens is 2. The van der Waals surface area contributed by atoms with E-state index in [0.29, 0.717) is 5.92 Å². The maximum atomic E-state index is 12.8. The molecule has 0 bridgehead atoms. The minimum Gasteiger partial charge on any atom is -0.481 e. The van der Waals surface area contributed by atoms with Crippen molar-refractivity contribution in [2.45, 2.75) is 32.4 Å². The summed E-state index contributed by atoms with van der Waals surface area (Å²) in [5.41, 5.74) is 1.14. The van der Waals surface area contributed by atoms with Crippen molar-refractivity contribution in [3.63, 3.8) is 0 Å². The van der Waals surface area contributed by atoms with Crippen LogP contribution < -0.4 is 4.74 Å². The van der Waals surface area contributed by atoms with Gasteiger partial charge >= 0.3 is 0 Å². The normalized spacial score (nSPS) is 15.8. The second-order valence-electron chi connectivity index (χ2n) is 7.61. The van der Waals surface area contributed by atoms with Gasteiger partial charge in [-0.05, 0) is 37.8 Å². The average Bonchev–Trinajstić information content (AvgIpc) is 3.23. The molecule has 0 aliphatic carbocycles. The zero-order chi connectivity index (χ0) is 20.1. The molecular weight excluding hydrogens is 362 g/mol. The van der Waals surface area contributed by atoms with Gasteiger partial charge in [-0.15, -0.1) is 0 Å². The van der Waals surface area contributed by atoms with E-state index in [9.17, 15) is 4.79 Å². The first-order valence-electron chi connectivity index (χ1n) is 10.3. The zero-order valence-corrected chi connectivity index (χ0v) is 16.8. The molecule has 1 aliphatic heterocycles. The molecule has 5 nitrogen and oxygen atoms in total. The van der Waals surface area contributed by atoms with E-state index in [4.69, 9.17) is 4.74 Å². The lowest BCUT2D eigenvalue weighted by atomic mass is 9.96. The fraction of sp³-hybridized carbons (Fsp3) is 0.333. The molecule has 0 spiro atoms. The maximum Gasteiger partial charge on any atom is 0.263 e. The zero-order valence-electron chi connectivity index (χ0n) is 16.8. The van der Waals surface area contributed by atoms with Gasteiger partial charge in [0.05, 0.1) is 0 Å². The summed E-state index contributed by atoms with van der Waals surface area (Å²) in [4.78, 5) is 19.2. The van der Waals surface area contributed by atoms with Crippen molar-refractivity contribution in [3.05, 3.63) is 73.1 Å². The van der Waals surface area contributed by atoms with Crippen molar-refractivity contribution in [1.29, 1.82) is 0 Å². The van der Waals surface area contributed by atoms with Crippen LogP contribution in [0.5, 0.6) is 5.75 Å². The van der Waals surface area contributed by atoms with Gasteiger partial charge in [-0.2, -0.15) is 0 Å². The van der Waals surface area contributed by atoms with E-state index in [1.54, 1.807) is 0 Å². The Morgan fingerprint density at radius 3 is 2.41 bits per heavy atom. The maximum absolute atomic E-state index is 12.8. The molecule has 1 fully saturated rings. The standard InChI is InChI=1S/C24H27N3O2/c1-19(29-22-10-6-3-7-11-22)24(28)26-15-12-20(13-16-26)18-27-17-14-25-23(27)21-8-4-2-5-9-21/h2-11,14,17,19-20H,12-13,15-16,18H2,1H3. The molecule has 1 aromatic heterocycles. The molecule has 2 aromatic carbocycles. The first-order chi connectivity index (χ1) is 14.2. The van der Waals surface area contributed by atoms with Crippen molar-refractivity contribution >= 4 is 5.91 Å². The molecule has 1 aliphatic rings. The van der Waals surface area contributed by atoms with E-state index in [-0.39, 0.29) is 5.91 Å². The Balaban J connectivity index is 1.31. The summed E-state index contributed by atoms with van der Waals surface area (Å²) in [6, 6.07) is 19.8. The Bertz CT molecular complexity index is 916. The van der Waals surface area contributed by atoms with Crippen molar-refractivity contribution in [3.8, 4) is 17.1 Å². The third-order valence-corrected chi connectivity index (χ3v) is 5.53. The number of ether oxygens (including phenoxy) is 1. The lowest BCUT2D eigenvalue weighted by Crippen LogP contribution is -2.45. The number of piperidine rings is 1. The van der Waals surface area contributed by atoms with Gasteiger partial charge in [-0.1, -0.05) is 48.5 Å². The summed E-state index contributed by atoms with van der Waals surface area (Å²) in [7, 11) is 0. The molecule has 0 radical (unpaired) electrons. The molecule has 3 aromatic rings. The summed E-state index contributed by atoms with van der Waals surface area (Å²) in [6.07, 6.45) is 5.44. The first kappa shape index (κ1) is 19.2. The second kappa shape index (κ2) is 8.95. The summed E-state index contributed by atoms with van der Waals surface area (Å²) < 4.78 is 8.04. The van der Waals surface area contributed by atoms with Crippen LogP contribution in [0.1, 0.15) is 19.8 Å². The molecule has 1 unspecified atom stereocenters. The Morgan fingerprint density at radius 2 is 1.72 bits per heavy atom. The molecule has 0 saturated carbocycles. The van der Waals surface area contributed by atoms with Gasteiger partial charge in [-0.25, -0.2) is 4.98 Å². The second-order valence-corrected chi connectivity index (χ2v) is 7.61. The largest absolute Gasteiger partial charge is 0.481 e. The summed E-state index contributed by atoms with van der Waals surface area (Å²) in [5, 5.41) is 0. The highest BCUT2D eigenvalue weighted by Crippen LogP contribution is 2.24. The molecule has 1 atom stereocenters. The number of rotatable bonds is 6. The third kappa shape index (κ3) is 4.67. The highest BCUT2D eigenvalue weighted by Gasteiger charge is 2.27. The van der Waals surface area contributed by atoms with E-state index in [0.717, 1.165) is 49.6 Å². The molecule has 29 heavy (non-hydrogen) atoms. The first-order valence-corrected chi connectivity index (χ1v) is 10.3. The summed E-state index contributed by atoms with van der Waals surface area (Å²) in [6.45, 7) is 4.32. The molecule has 0 N–H and O–H groups in total. The smallest absolute Gasteiger partial charge is 0.263 e.